The van der Waals surface area contributed by atoms with Crippen LogP contribution in [-0.2, 0) is 0 Å². The molecule has 0 aliphatic carbocycles. The average Bonchev–Trinajstić information content (AvgIpc) is 2.42. The van der Waals surface area contributed by atoms with Gasteiger partial charge in [0.15, 0.2) is 0 Å². The Balaban J connectivity index is 0.000000211. The van der Waals surface area contributed by atoms with E-state index in [0.717, 1.165) is 3.57 Å². The van der Waals surface area contributed by atoms with E-state index < -0.39 is 0 Å². The van der Waals surface area contributed by atoms with E-state index in [4.69, 9.17) is 5.11 Å². The van der Waals surface area contributed by atoms with Crippen LogP contribution in [-0.4, -0.2) is 10.2 Å². The van der Waals surface area contributed by atoms with Gasteiger partial charge >= 0.3 is 0 Å². The molecule has 0 spiro atoms. The van der Waals surface area contributed by atoms with Gasteiger partial charge in [-0.05, 0) is 69.8 Å². The Morgan fingerprint density at radius 1 is 0.810 bits per heavy atom. The molecule has 114 valence electrons. The third kappa shape index (κ3) is 5.96. The van der Waals surface area contributed by atoms with E-state index in [1.807, 2.05) is 30.3 Å². The van der Waals surface area contributed by atoms with Crippen LogP contribution in [0, 0.1) is 3.57 Å². The molecule has 21 heavy (non-hydrogen) atoms. The predicted octanol–water partition coefficient (Wildman–Crippen LogP) is 5.64. The van der Waals surface area contributed by atoms with Gasteiger partial charge < -0.3 is 10.2 Å². The highest BCUT2D eigenvalue weighted by Gasteiger charge is 2.02. The van der Waals surface area contributed by atoms with Gasteiger partial charge in [-0.1, -0.05) is 45.9 Å². The summed E-state index contributed by atoms with van der Waals surface area (Å²) in [6, 6.07) is 13.2. The van der Waals surface area contributed by atoms with E-state index >= 15 is 0 Å². The topological polar surface area (TPSA) is 40.5 Å². The van der Waals surface area contributed by atoms with Crippen molar-refractivity contribution in [3.05, 3.63) is 57.2 Å². The first-order valence-electron chi connectivity index (χ1n) is 7.08. The molecule has 0 atom stereocenters. The Bertz CT molecular complexity index is 577. The SMILES string of the molecule is CC(C)c1ccc(I)c(O)c1.CC(C)c1cccc(O)c1. The number of phenols is 2. The second kappa shape index (κ2) is 8.27. The largest absolute Gasteiger partial charge is 0.508 e. The molecule has 2 N–H and O–H groups in total. The molecule has 0 amide bonds. The molecule has 3 heteroatoms. The summed E-state index contributed by atoms with van der Waals surface area (Å²) in [7, 11) is 0. The second-order valence-electron chi connectivity index (χ2n) is 5.62. The number of aromatic hydroxyl groups is 2. The van der Waals surface area contributed by atoms with Crippen LogP contribution in [0.4, 0.5) is 0 Å². The fraction of sp³-hybridized carbons (Fsp3) is 0.333. The maximum atomic E-state index is 9.34. The Morgan fingerprint density at radius 2 is 1.38 bits per heavy atom. The van der Waals surface area contributed by atoms with E-state index in [1.165, 1.54) is 11.1 Å². The van der Waals surface area contributed by atoms with Gasteiger partial charge in [0.2, 0.25) is 0 Å². The van der Waals surface area contributed by atoms with Crippen molar-refractivity contribution in [2.24, 2.45) is 0 Å². The van der Waals surface area contributed by atoms with Crippen LogP contribution >= 0.6 is 22.6 Å². The molecule has 0 bridgehead atoms. The van der Waals surface area contributed by atoms with Gasteiger partial charge in [0.05, 0.1) is 3.57 Å². The zero-order chi connectivity index (χ0) is 16.0. The average molecular weight is 398 g/mol. The normalized spacial score (nSPS) is 10.4. The predicted molar refractivity (Wildman–Crippen MR) is 97.1 cm³/mol. The monoisotopic (exact) mass is 398 g/mol. The number of halogens is 1. The highest BCUT2D eigenvalue weighted by atomic mass is 127. The van der Waals surface area contributed by atoms with Crippen molar-refractivity contribution in [3.63, 3.8) is 0 Å². The molecule has 0 aromatic heterocycles. The number of phenolic OH excluding ortho intramolecular Hbond substituents is 2. The smallest absolute Gasteiger partial charge is 0.129 e. The van der Waals surface area contributed by atoms with Crippen LogP contribution in [0.3, 0.4) is 0 Å². The standard InChI is InChI=1S/C9H11IO.C9H12O/c1-6(2)7-3-4-8(10)9(11)5-7;1-7(2)8-4-3-5-9(10)6-8/h3-6,11H,1-2H3;3-7,10H,1-2H3. The molecule has 0 saturated heterocycles. The molecule has 0 unspecified atom stereocenters. The van der Waals surface area contributed by atoms with Gasteiger partial charge in [0, 0.05) is 0 Å². The lowest BCUT2D eigenvalue weighted by atomic mass is 10.0. The molecular formula is C18H23IO2. The minimum Gasteiger partial charge on any atom is -0.508 e. The minimum atomic E-state index is 0.353. The van der Waals surface area contributed by atoms with E-state index in [0.29, 0.717) is 23.3 Å². The zero-order valence-corrected chi connectivity index (χ0v) is 15.1. The van der Waals surface area contributed by atoms with Gasteiger partial charge in [-0.3, -0.25) is 0 Å². The first-order valence-corrected chi connectivity index (χ1v) is 8.16. The van der Waals surface area contributed by atoms with Crippen LogP contribution in [0.15, 0.2) is 42.5 Å². The Hall–Kier alpha value is -1.23. The molecule has 0 aliphatic rings. The van der Waals surface area contributed by atoms with E-state index in [-0.39, 0.29) is 0 Å². The van der Waals surface area contributed by atoms with Crippen molar-refractivity contribution in [1.82, 2.24) is 0 Å². The van der Waals surface area contributed by atoms with Crippen LogP contribution in [0.5, 0.6) is 11.5 Å². The van der Waals surface area contributed by atoms with Crippen LogP contribution in [0.1, 0.15) is 50.7 Å². The second-order valence-corrected chi connectivity index (χ2v) is 6.78. The van der Waals surface area contributed by atoms with Crippen LogP contribution in [0.25, 0.3) is 0 Å². The third-order valence-corrected chi connectivity index (χ3v) is 4.09. The number of benzene rings is 2. The lowest BCUT2D eigenvalue weighted by Gasteiger charge is -2.05. The number of hydrogen-bond donors (Lipinski definition) is 2. The molecule has 0 heterocycles. The van der Waals surface area contributed by atoms with E-state index in [2.05, 4.69) is 50.3 Å². The molecule has 0 fully saturated rings. The van der Waals surface area contributed by atoms with Crippen molar-refractivity contribution in [2.45, 2.75) is 39.5 Å². The molecule has 2 rings (SSSR count). The summed E-state index contributed by atoms with van der Waals surface area (Å²) < 4.78 is 0.909. The Kier molecular flexibility index (Phi) is 7.02. The number of rotatable bonds is 2. The number of hydrogen-bond acceptors (Lipinski definition) is 2. The molecule has 0 aliphatic heterocycles. The highest BCUT2D eigenvalue weighted by Crippen LogP contribution is 2.24. The fourth-order valence-electron chi connectivity index (χ4n) is 1.77. The first-order chi connectivity index (χ1) is 9.81. The van der Waals surface area contributed by atoms with E-state index in [9.17, 15) is 5.11 Å². The van der Waals surface area contributed by atoms with Crippen LogP contribution in [0.2, 0.25) is 0 Å². The third-order valence-electron chi connectivity index (χ3n) is 3.17. The zero-order valence-electron chi connectivity index (χ0n) is 13.0. The molecule has 0 radical (unpaired) electrons. The summed E-state index contributed by atoms with van der Waals surface area (Å²) in [5, 5.41) is 18.4. The minimum absolute atomic E-state index is 0.353. The van der Waals surface area contributed by atoms with Gasteiger partial charge in [-0.2, -0.15) is 0 Å². The maximum Gasteiger partial charge on any atom is 0.129 e. The summed E-state index contributed by atoms with van der Waals surface area (Å²) in [6.07, 6.45) is 0. The summed E-state index contributed by atoms with van der Waals surface area (Å²) in [4.78, 5) is 0. The van der Waals surface area contributed by atoms with Crippen molar-refractivity contribution < 1.29 is 10.2 Å². The van der Waals surface area contributed by atoms with Crippen molar-refractivity contribution in [3.8, 4) is 11.5 Å². The van der Waals surface area contributed by atoms with E-state index in [1.54, 1.807) is 12.1 Å². The van der Waals surface area contributed by atoms with Crippen molar-refractivity contribution in [1.29, 1.82) is 0 Å². The summed E-state index contributed by atoms with van der Waals surface area (Å²) in [5.74, 6) is 1.72. The summed E-state index contributed by atoms with van der Waals surface area (Å²) in [6.45, 7) is 8.44. The summed E-state index contributed by atoms with van der Waals surface area (Å²) in [5.41, 5.74) is 2.36. The van der Waals surface area contributed by atoms with Gasteiger partial charge in [-0.15, -0.1) is 0 Å². The van der Waals surface area contributed by atoms with Gasteiger partial charge in [0.1, 0.15) is 11.5 Å². The van der Waals surface area contributed by atoms with Gasteiger partial charge in [0.25, 0.3) is 0 Å². The van der Waals surface area contributed by atoms with Crippen LogP contribution < -0.4 is 0 Å². The highest BCUT2D eigenvalue weighted by molar-refractivity contribution is 14.1. The maximum absolute atomic E-state index is 9.34. The first kappa shape index (κ1) is 17.8. The lowest BCUT2D eigenvalue weighted by molar-refractivity contribution is 0.470. The van der Waals surface area contributed by atoms with Gasteiger partial charge in [-0.25, -0.2) is 0 Å². The summed E-state index contributed by atoms with van der Waals surface area (Å²) >= 11 is 2.11. The molecule has 0 saturated carbocycles. The van der Waals surface area contributed by atoms with Crippen molar-refractivity contribution in [2.75, 3.05) is 0 Å². The lowest BCUT2D eigenvalue weighted by Crippen LogP contribution is -1.86. The fourth-order valence-corrected chi connectivity index (χ4v) is 2.11. The van der Waals surface area contributed by atoms with Crippen molar-refractivity contribution >= 4 is 22.6 Å². The molecule has 2 nitrogen and oxygen atoms in total. The quantitative estimate of drug-likeness (QED) is 0.644. The Morgan fingerprint density at radius 3 is 1.81 bits per heavy atom. The Labute approximate surface area is 141 Å². The molecule has 2 aromatic carbocycles. The molecule has 2 aromatic rings. The molecular weight excluding hydrogens is 375 g/mol.